The Hall–Kier alpha value is -2.02. The smallest absolute Gasteiger partial charge is 0.119 e. The van der Waals surface area contributed by atoms with Crippen LogP contribution in [0.1, 0.15) is 0 Å². The molecule has 0 aliphatic rings. The Kier molecular flexibility index (Phi) is 27.9. The van der Waals surface area contributed by atoms with Crippen molar-refractivity contribution in [2.45, 2.75) is 0 Å². The normalized spacial score (nSPS) is 11.1. The number of rotatable bonds is 32. The maximum atomic E-state index is 5.63. The number of anilines is 1. The van der Waals surface area contributed by atoms with Crippen molar-refractivity contribution in [1.29, 1.82) is 0 Å². The summed E-state index contributed by atoms with van der Waals surface area (Å²) >= 11 is 0. The molecule has 0 spiro atoms. The number of hydrogen-bond donors (Lipinski definition) is 1. The molecule has 1 aromatic rings. The monoisotopic (exact) mass is 587 g/mol. The van der Waals surface area contributed by atoms with E-state index in [1.54, 1.807) is 12.1 Å². The molecular weight excluding hydrogens is 538 g/mol. The molecule has 1 rings (SSSR count). The fourth-order valence-corrected chi connectivity index (χ4v) is 2.89. The van der Waals surface area contributed by atoms with Gasteiger partial charge >= 0.3 is 0 Å². The third-order valence-electron chi connectivity index (χ3n) is 4.91. The third kappa shape index (κ3) is 27.9. The second kappa shape index (κ2) is 30.9. The molecule has 0 atom stereocenters. The maximum absolute atomic E-state index is 5.63. The van der Waals surface area contributed by atoms with Gasteiger partial charge in [0.25, 0.3) is 0 Å². The topological polar surface area (TPSA) is 128 Å². The van der Waals surface area contributed by atoms with Gasteiger partial charge in [0.05, 0.1) is 126 Å². The first-order chi connectivity index (χ1) is 20.3. The largest absolute Gasteiger partial charge is 0.491 e. The van der Waals surface area contributed by atoms with Crippen molar-refractivity contribution in [2.75, 3.05) is 144 Å². The van der Waals surface area contributed by atoms with Gasteiger partial charge in [0, 0.05) is 5.69 Å². The summed E-state index contributed by atoms with van der Waals surface area (Å²) in [6.45, 7) is 10.4. The lowest BCUT2D eigenvalue weighted by Gasteiger charge is -2.09. The van der Waals surface area contributed by atoms with Gasteiger partial charge in [-0.15, -0.1) is 6.42 Å². The average Bonchev–Trinajstić information content (AvgIpc) is 2.98. The molecule has 0 unspecified atom stereocenters. The molecule has 0 radical (unpaired) electrons. The first-order valence-corrected chi connectivity index (χ1v) is 14.0. The van der Waals surface area contributed by atoms with E-state index in [9.17, 15) is 0 Å². The molecule has 0 saturated carbocycles. The summed E-state index contributed by atoms with van der Waals surface area (Å²) in [4.78, 5) is 0. The Morgan fingerprint density at radius 3 is 0.976 bits per heavy atom. The molecule has 0 heterocycles. The minimum atomic E-state index is 0.307. The lowest BCUT2D eigenvalue weighted by atomic mass is 10.3. The lowest BCUT2D eigenvalue weighted by molar-refractivity contribution is -0.0264. The number of benzene rings is 1. The van der Waals surface area contributed by atoms with Crippen LogP contribution >= 0.6 is 0 Å². The summed E-state index contributed by atoms with van der Waals surface area (Å²) in [6, 6.07) is 7.26. The van der Waals surface area contributed by atoms with Gasteiger partial charge in [-0.05, 0) is 24.3 Å². The molecule has 12 heteroatoms. The molecule has 0 aromatic heterocycles. The van der Waals surface area contributed by atoms with Crippen LogP contribution in [0.5, 0.6) is 5.75 Å². The van der Waals surface area contributed by atoms with E-state index in [0.29, 0.717) is 144 Å². The minimum Gasteiger partial charge on any atom is -0.491 e. The lowest BCUT2D eigenvalue weighted by Crippen LogP contribution is -2.15. The summed E-state index contributed by atoms with van der Waals surface area (Å²) in [5.74, 6) is 3.17. The van der Waals surface area contributed by atoms with E-state index in [-0.39, 0.29) is 0 Å². The van der Waals surface area contributed by atoms with Gasteiger partial charge in [-0.2, -0.15) is 0 Å². The number of terminal acetylenes is 1. The van der Waals surface area contributed by atoms with Crippen LogP contribution in [0.15, 0.2) is 24.3 Å². The second-order valence-electron chi connectivity index (χ2n) is 8.19. The zero-order chi connectivity index (χ0) is 29.3. The zero-order valence-electron chi connectivity index (χ0n) is 24.3. The van der Waals surface area contributed by atoms with E-state index in [2.05, 4.69) is 5.92 Å². The van der Waals surface area contributed by atoms with Gasteiger partial charge in [-0.3, -0.25) is 0 Å². The standard InChI is InChI=1S/C29H49NO11/c1-2-7-31-8-9-32-10-11-33-12-13-34-14-15-35-16-17-36-18-19-37-20-21-38-22-23-39-24-25-40-26-27-41-29-5-3-28(30)4-6-29/h1,3-6H,7-27,30H2. The summed E-state index contributed by atoms with van der Waals surface area (Å²) < 4.78 is 59.6. The van der Waals surface area contributed by atoms with Gasteiger partial charge in [0.15, 0.2) is 0 Å². The summed E-state index contributed by atoms with van der Waals surface area (Å²) in [6.07, 6.45) is 5.07. The van der Waals surface area contributed by atoms with E-state index in [1.165, 1.54) is 0 Å². The van der Waals surface area contributed by atoms with Crippen LogP contribution < -0.4 is 10.5 Å². The van der Waals surface area contributed by atoms with Gasteiger partial charge in [0.1, 0.15) is 19.0 Å². The highest BCUT2D eigenvalue weighted by atomic mass is 16.6. The molecule has 1 aromatic carbocycles. The van der Waals surface area contributed by atoms with Crippen LogP contribution in [-0.2, 0) is 47.4 Å². The van der Waals surface area contributed by atoms with Crippen LogP contribution in [0, 0.1) is 12.3 Å². The molecule has 0 saturated heterocycles. The van der Waals surface area contributed by atoms with Crippen molar-refractivity contribution in [3.05, 3.63) is 24.3 Å². The first kappa shape index (κ1) is 37.0. The Morgan fingerprint density at radius 1 is 0.415 bits per heavy atom. The fraction of sp³-hybridized carbons (Fsp3) is 0.724. The van der Waals surface area contributed by atoms with Crippen molar-refractivity contribution in [3.8, 4) is 18.1 Å². The van der Waals surface area contributed by atoms with Crippen molar-refractivity contribution < 1.29 is 52.1 Å². The average molecular weight is 588 g/mol. The van der Waals surface area contributed by atoms with Gasteiger partial charge in [0.2, 0.25) is 0 Å². The van der Waals surface area contributed by atoms with Gasteiger partial charge < -0.3 is 57.8 Å². The number of ether oxygens (including phenoxy) is 11. The molecule has 0 bridgehead atoms. The molecule has 0 aliphatic carbocycles. The predicted octanol–water partition coefficient (Wildman–Crippen LogP) is 1.45. The van der Waals surface area contributed by atoms with Crippen LogP contribution in [-0.4, -0.2) is 139 Å². The minimum absolute atomic E-state index is 0.307. The van der Waals surface area contributed by atoms with Crippen LogP contribution in [0.3, 0.4) is 0 Å². The van der Waals surface area contributed by atoms with Gasteiger partial charge in [-0.1, -0.05) is 5.92 Å². The van der Waals surface area contributed by atoms with Crippen LogP contribution in [0.2, 0.25) is 0 Å². The highest BCUT2D eigenvalue weighted by Gasteiger charge is 1.97. The molecule has 0 aliphatic heterocycles. The number of hydrogen-bond acceptors (Lipinski definition) is 12. The predicted molar refractivity (Wildman–Crippen MR) is 153 cm³/mol. The van der Waals surface area contributed by atoms with Crippen LogP contribution in [0.4, 0.5) is 5.69 Å². The molecule has 41 heavy (non-hydrogen) atoms. The van der Waals surface area contributed by atoms with E-state index < -0.39 is 0 Å². The Balaban J connectivity index is 1.63. The molecule has 12 nitrogen and oxygen atoms in total. The Morgan fingerprint density at radius 2 is 0.683 bits per heavy atom. The maximum Gasteiger partial charge on any atom is 0.119 e. The zero-order valence-corrected chi connectivity index (χ0v) is 24.3. The Bertz CT molecular complexity index is 703. The van der Waals surface area contributed by atoms with E-state index in [0.717, 1.165) is 5.75 Å². The number of nitrogens with two attached hydrogens (primary N) is 1. The molecular formula is C29H49NO11. The molecule has 0 amide bonds. The second-order valence-corrected chi connectivity index (χ2v) is 8.19. The Labute approximate surface area is 244 Å². The van der Waals surface area contributed by atoms with Crippen molar-refractivity contribution in [3.63, 3.8) is 0 Å². The third-order valence-corrected chi connectivity index (χ3v) is 4.91. The number of nitrogen functional groups attached to an aromatic ring is 1. The van der Waals surface area contributed by atoms with Crippen LogP contribution in [0.25, 0.3) is 0 Å². The summed E-state index contributed by atoms with van der Waals surface area (Å²) in [7, 11) is 0. The van der Waals surface area contributed by atoms with Crippen molar-refractivity contribution in [1.82, 2.24) is 0 Å². The quantitative estimate of drug-likeness (QED) is 0.0745. The van der Waals surface area contributed by atoms with Crippen molar-refractivity contribution >= 4 is 5.69 Å². The van der Waals surface area contributed by atoms with Gasteiger partial charge in [-0.25, -0.2) is 0 Å². The first-order valence-electron chi connectivity index (χ1n) is 14.0. The van der Waals surface area contributed by atoms with Crippen molar-refractivity contribution in [2.24, 2.45) is 0 Å². The molecule has 236 valence electrons. The van der Waals surface area contributed by atoms with E-state index >= 15 is 0 Å². The van der Waals surface area contributed by atoms with E-state index in [4.69, 9.17) is 64.3 Å². The summed E-state index contributed by atoms with van der Waals surface area (Å²) in [5, 5.41) is 0. The highest BCUT2D eigenvalue weighted by Crippen LogP contribution is 2.12. The highest BCUT2D eigenvalue weighted by molar-refractivity contribution is 5.41. The summed E-state index contributed by atoms with van der Waals surface area (Å²) in [5.41, 5.74) is 6.34. The SMILES string of the molecule is C#CCOCCOCCOCCOCCOCCOCCOCCOCCOCCOCCOc1ccc(N)cc1. The fourth-order valence-electron chi connectivity index (χ4n) is 2.89. The molecule has 0 fully saturated rings. The molecule has 2 N–H and O–H groups in total. The van der Waals surface area contributed by atoms with E-state index in [1.807, 2.05) is 12.1 Å².